The van der Waals surface area contributed by atoms with Gasteiger partial charge in [0.1, 0.15) is 36.9 Å². The summed E-state index contributed by atoms with van der Waals surface area (Å²) in [6.45, 7) is 6.98. The van der Waals surface area contributed by atoms with E-state index in [1.807, 2.05) is 0 Å². The molecule has 6 heteroatoms. The van der Waals surface area contributed by atoms with Gasteiger partial charge in [0.05, 0.1) is 13.2 Å². The number of piperazine rings is 1. The van der Waals surface area contributed by atoms with Crippen LogP contribution in [-0.4, -0.2) is 64.8 Å². The van der Waals surface area contributed by atoms with E-state index in [0.717, 1.165) is 50.9 Å². The zero-order valence-electron chi connectivity index (χ0n) is 16.0. The normalized spacial score (nSPS) is 23.4. The predicted molar refractivity (Wildman–Crippen MR) is 108 cm³/mol. The van der Waals surface area contributed by atoms with E-state index >= 15 is 0 Å². The van der Waals surface area contributed by atoms with Crippen LogP contribution in [0.5, 0.6) is 11.5 Å². The Labute approximate surface area is 165 Å². The lowest BCUT2D eigenvalue weighted by molar-refractivity contribution is 0.263. The molecule has 3 heterocycles. The highest BCUT2D eigenvalue weighted by Crippen LogP contribution is 2.25. The summed E-state index contributed by atoms with van der Waals surface area (Å²) >= 11 is 0. The van der Waals surface area contributed by atoms with Gasteiger partial charge in [-0.05, 0) is 48.5 Å². The third-order valence-corrected chi connectivity index (χ3v) is 5.36. The first-order valence-electron chi connectivity index (χ1n) is 10.0. The number of hydrogen-bond acceptors (Lipinski definition) is 6. The third kappa shape index (κ3) is 4.51. The Bertz CT molecular complexity index is 697. The third-order valence-electron chi connectivity index (χ3n) is 5.36. The topological polar surface area (TPSA) is 50.0 Å². The highest BCUT2D eigenvalue weighted by molar-refractivity contribution is 5.54. The Morgan fingerprint density at radius 3 is 1.32 bits per heavy atom. The van der Waals surface area contributed by atoms with Crippen LogP contribution in [0.4, 0.5) is 11.4 Å². The Morgan fingerprint density at radius 2 is 1.00 bits per heavy atom. The van der Waals surface area contributed by atoms with E-state index in [2.05, 4.69) is 58.3 Å². The number of benzene rings is 2. The fraction of sp³-hybridized carbons (Fsp3) is 0.455. The number of ether oxygens (including phenoxy) is 4. The number of hydrogen-bond donors (Lipinski definition) is 0. The molecule has 3 aliphatic heterocycles. The lowest BCUT2D eigenvalue weighted by Crippen LogP contribution is -2.46. The molecular weight excluding hydrogens is 356 g/mol. The van der Waals surface area contributed by atoms with Crippen molar-refractivity contribution in [1.29, 1.82) is 0 Å². The summed E-state index contributed by atoms with van der Waals surface area (Å²) in [5.41, 5.74) is 2.50. The molecule has 2 atom stereocenters. The molecule has 0 amide bonds. The average Bonchev–Trinajstić information content (AvgIpc) is 3.67. The summed E-state index contributed by atoms with van der Waals surface area (Å²) in [6.07, 6.45) is 0.584. The zero-order valence-corrected chi connectivity index (χ0v) is 16.0. The first kappa shape index (κ1) is 17.6. The van der Waals surface area contributed by atoms with E-state index in [0.29, 0.717) is 25.4 Å². The Hall–Kier alpha value is -2.44. The van der Waals surface area contributed by atoms with Crippen LogP contribution in [0.25, 0.3) is 0 Å². The van der Waals surface area contributed by atoms with Gasteiger partial charge in [-0.2, -0.15) is 0 Å². The van der Waals surface area contributed by atoms with Gasteiger partial charge in [-0.1, -0.05) is 0 Å². The summed E-state index contributed by atoms with van der Waals surface area (Å²) < 4.78 is 21.8. The number of rotatable bonds is 8. The lowest BCUT2D eigenvalue weighted by Gasteiger charge is -2.37. The van der Waals surface area contributed by atoms with E-state index < -0.39 is 0 Å². The SMILES string of the molecule is c1cc(N2CCN(c3ccc(OCC4CO4)cc3)CC2)ccc1OCC1CO1. The zero-order chi connectivity index (χ0) is 18.8. The van der Waals surface area contributed by atoms with Crippen molar-refractivity contribution in [3.63, 3.8) is 0 Å². The standard InChI is InChI=1S/C22H26N2O4/c1-5-19(25-13-21-15-27-21)6-2-17(1)23-9-11-24(12-10-23)18-3-7-20(8-4-18)26-14-22-16-28-22/h1-8,21-22H,9-16H2. The van der Waals surface area contributed by atoms with Gasteiger partial charge in [-0.25, -0.2) is 0 Å². The molecular formula is C22H26N2O4. The molecule has 28 heavy (non-hydrogen) atoms. The highest BCUT2D eigenvalue weighted by atomic mass is 16.6. The Kier molecular flexibility index (Phi) is 4.97. The van der Waals surface area contributed by atoms with Crippen molar-refractivity contribution in [2.24, 2.45) is 0 Å². The first-order valence-corrected chi connectivity index (χ1v) is 10.0. The molecule has 148 valence electrons. The molecule has 0 bridgehead atoms. The van der Waals surface area contributed by atoms with Gasteiger partial charge in [-0.3, -0.25) is 0 Å². The van der Waals surface area contributed by atoms with Gasteiger partial charge in [0.15, 0.2) is 0 Å². The fourth-order valence-electron chi connectivity index (χ4n) is 3.44. The smallest absolute Gasteiger partial charge is 0.119 e. The molecule has 2 aromatic carbocycles. The van der Waals surface area contributed by atoms with Crippen molar-refractivity contribution in [3.8, 4) is 11.5 Å². The van der Waals surface area contributed by atoms with Crippen molar-refractivity contribution in [2.75, 3.05) is 62.4 Å². The van der Waals surface area contributed by atoms with Gasteiger partial charge in [0, 0.05) is 37.6 Å². The molecule has 3 fully saturated rings. The molecule has 0 saturated carbocycles. The molecule has 5 rings (SSSR count). The van der Waals surface area contributed by atoms with E-state index in [1.54, 1.807) is 0 Å². The molecule has 0 aromatic heterocycles. The van der Waals surface area contributed by atoms with E-state index in [1.165, 1.54) is 11.4 Å². The second-order valence-electron chi connectivity index (χ2n) is 7.49. The molecule has 3 aliphatic rings. The number of anilines is 2. The van der Waals surface area contributed by atoms with Crippen molar-refractivity contribution in [2.45, 2.75) is 12.2 Å². The van der Waals surface area contributed by atoms with Gasteiger partial charge in [0.2, 0.25) is 0 Å². The molecule has 2 unspecified atom stereocenters. The van der Waals surface area contributed by atoms with E-state index in [-0.39, 0.29) is 0 Å². The molecule has 0 aliphatic carbocycles. The number of epoxide rings is 2. The molecule has 3 saturated heterocycles. The Balaban J connectivity index is 1.11. The minimum absolute atomic E-state index is 0.292. The summed E-state index contributed by atoms with van der Waals surface area (Å²) in [6, 6.07) is 16.8. The lowest BCUT2D eigenvalue weighted by atomic mass is 10.2. The van der Waals surface area contributed by atoms with Crippen molar-refractivity contribution >= 4 is 11.4 Å². The number of nitrogens with zero attached hydrogens (tertiary/aromatic N) is 2. The maximum Gasteiger partial charge on any atom is 0.119 e. The summed E-state index contributed by atoms with van der Waals surface area (Å²) in [7, 11) is 0. The first-order chi connectivity index (χ1) is 13.8. The van der Waals surface area contributed by atoms with Crippen LogP contribution in [-0.2, 0) is 9.47 Å². The van der Waals surface area contributed by atoms with Gasteiger partial charge in [-0.15, -0.1) is 0 Å². The molecule has 2 aromatic rings. The molecule has 0 N–H and O–H groups in total. The van der Waals surface area contributed by atoms with Gasteiger partial charge in [0.25, 0.3) is 0 Å². The van der Waals surface area contributed by atoms with Crippen LogP contribution in [0.3, 0.4) is 0 Å². The summed E-state index contributed by atoms with van der Waals surface area (Å²) in [5.74, 6) is 1.82. The fourth-order valence-corrected chi connectivity index (χ4v) is 3.44. The summed E-state index contributed by atoms with van der Waals surface area (Å²) in [4.78, 5) is 4.86. The minimum atomic E-state index is 0.292. The second kappa shape index (κ2) is 7.89. The van der Waals surface area contributed by atoms with Crippen LogP contribution in [0, 0.1) is 0 Å². The quantitative estimate of drug-likeness (QED) is 0.654. The second-order valence-corrected chi connectivity index (χ2v) is 7.49. The average molecular weight is 382 g/mol. The van der Waals surface area contributed by atoms with Crippen molar-refractivity contribution in [3.05, 3.63) is 48.5 Å². The highest BCUT2D eigenvalue weighted by Gasteiger charge is 2.24. The van der Waals surface area contributed by atoms with Crippen molar-refractivity contribution < 1.29 is 18.9 Å². The molecule has 6 nitrogen and oxygen atoms in total. The van der Waals surface area contributed by atoms with Crippen LogP contribution >= 0.6 is 0 Å². The van der Waals surface area contributed by atoms with Gasteiger partial charge < -0.3 is 28.7 Å². The van der Waals surface area contributed by atoms with E-state index in [9.17, 15) is 0 Å². The largest absolute Gasteiger partial charge is 0.491 e. The molecule has 0 radical (unpaired) electrons. The monoisotopic (exact) mass is 382 g/mol. The Morgan fingerprint density at radius 1 is 0.643 bits per heavy atom. The minimum Gasteiger partial charge on any atom is -0.491 e. The maximum absolute atomic E-state index is 5.72. The van der Waals surface area contributed by atoms with Crippen molar-refractivity contribution in [1.82, 2.24) is 0 Å². The van der Waals surface area contributed by atoms with Crippen LogP contribution < -0.4 is 19.3 Å². The predicted octanol–water partition coefficient (Wildman–Crippen LogP) is 2.57. The van der Waals surface area contributed by atoms with E-state index in [4.69, 9.17) is 18.9 Å². The van der Waals surface area contributed by atoms with Crippen LogP contribution in [0.15, 0.2) is 48.5 Å². The van der Waals surface area contributed by atoms with Crippen LogP contribution in [0.1, 0.15) is 0 Å². The van der Waals surface area contributed by atoms with Crippen LogP contribution in [0.2, 0.25) is 0 Å². The molecule has 0 spiro atoms. The summed E-state index contributed by atoms with van der Waals surface area (Å²) in [5, 5.41) is 0. The van der Waals surface area contributed by atoms with Gasteiger partial charge >= 0.3 is 0 Å². The maximum atomic E-state index is 5.72.